The third-order valence-electron chi connectivity index (χ3n) is 3.75. The van der Waals surface area contributed by atoms with Crippen LogP contribution in [0.25, 0.3) is 0 Å². The van der Waals surface area contributed by atoms with Crippen molar-refractivity contribution in [1.29, 1.82) is 0 Å². The maximum absolute atomic E-state index is 12.8. The monoisotopic (exact) mass is 277 g/mol. The lowest BCUT2D eigenvalue weighted by Crippen LogP contribution is -2.40. The van der Waals surface area contributed by atoms with Crippen molar-refractivity contribution >= 4 is 5.96 Å². The van der Waals surface area contributed by atoms with Gasteiger partial charge in [0.25, 0.3) is 0 Å². The first kappa shape index (κ1) is 14.8. The van der Waals surface area contributed by atoms with Crippen LogP contribution in [0.1, 0.15) is 31.7 Å². The number of hydrogen-bond donors (Lipinski definition) is 2. The van der Waals surface area contributed by atoms with Crippen molar-refractivity contribution < 1.29 is 4.39 Å². The molecule has 1 saturated carbocycles. The van der Waals surface area contributed by atoms with Crippen molar-refractivity contribution in [3.8, 4) is 0 Å². The maximum atomic E-state index is 12.8. The molecule has 2 N–H and O–H groups in total. The molecular formula is C16H24FN3. The van der Waals surface area contributed by atoms with Crippen molar-refractivity contribution in [2.45, 2.75) is 38.6 Å². The minimum Gasteiger partial charge on any atom is -0.356 e. The van der Waals surface area contributed by atoms with Crippen LogP contribution in [0.3, 0.4) is 0 Å². The van der Waals surface area contributed by atoms with Gasteiger partial charge in [0, 0.05) is 19.6 Å². The second-order valence-electron chi connectivity index (χ2n) is 5.41. The quantitative estimate of drug-likeness (QED) is 0.619. The molecule has 20 heavy (non-hydrogen) atoms. The Balaban J connectivity index is 1.68. The molecule has 0 aliphatic heterocycles. The summed E-state index contributed by atoms with van der Waals surface area (Å²) < 4.78 is 12.8. The van der Waals surface area contributed by atoms with Crippen LogP contribution in [0.4, 0.5) is 4.39 Å². The van der Waals surface area contributed by atoms with Crippen LogP contribution in [-0.4, -0.2) is 25.6 Å². The molecule has 1 aliphatic carbocycles. The van der Waals surface area contributed by atoms with E-state index in [2.05, 4.69) is 22.5 Å². The Morgan fingerprint density at radius 3 is 2.75 bits per heavy atom. The molecule has 0 saturated heterocycles. The van der Waals surface area contributed by atoms with E-state index in [0.29, 0.717) is 6.04 Å². The van der Waals surface area contributed by atoms with E-state index in [9.17, 15) is 4.39 Å². The van der Waals surface area contributed by atoms with Gasteiger partial charge in [0.2, 0.25) is 0 Å². The molecule has 1 aromatic carbocycles. The number of hydrogen-bond acceptors (Lipinski definition) is 1. The Hall–Kier alpha value is -1.58. The number of guanidine groups is 1. The number of rotatable bonds is 6. The molecule has 2 unspecified atom stereocenters. The average molecular weight is 277 g/mol. The highest BCUT2D eigenvalue weighted by molar-refractivity contribution is 5.80. The van der Waals surface area contributed by atoms with E-state index in [1.54, 1.807) is 7.05 Å². The Morgan fingerprint density at radius 1 is 1.35 bits per heavy atom. The van der Waals surface area contributed by atoms with E-state index in [0.717, 1.165) is 30.4 Å². The minimum atomic E-state index is -0.185. The molecule has 1 fully saturated rings. The zero-order chi connectivity index (χ0) is 14.4. The highest BCUT2D eigenvalue weighted by atomic mass is 19.1. The molecule has 1 aromatic rings. The summed E-state index contributed by atoms with van der Waals surface area (Å²) in [5, 5.41) is 6.76. The first-order chi connectivity index (χ1) is 9.72. The third-order valence-corrected chi connectivity index (χ3v) is 3.75. The summed E-state index contributed by atoms with van der Waals surface area (Å²) in [6, 6.07) is 7.24. The van der Waals surface area contributed by atoms with Crippen molar-refractivity contribution in [2.75, 3.05) is 13.6 Å². The summed E-state index contributed by atoms with van der Waals surface area (Å²) in [5.74, 6) is 1.50. The lowest BCUT2D eigenvalue weighted by atomic mass is 10.1. The Bertz CT molecular complexity index is 442. The van der Waals surface area contributed by atoms with E-state index < -0.39 is 0 Å². The van der Waals surface area contributed by atoms with Crippen LogP contribution in [0.2, 0.25) is 0 Å². The van der Waals surface area contributed by atoms with Gasteiger partial charge in [-0.3, -0.25) is 4.99 Å². The van der Waals surface area contributed by atoms with Crippen LogP contribution in [0.15, 0.2) is 29.3 Å². The number of halogens is 1. The predicted molar refractivity (Wildman–Crippen MR) is 81.4 cm³/mol. The number of nitrogens with zero attached hydrogens (tertiary/aromatic N) is 1. The molecule has 0 spiro atoms. The van der Waals surface area contributed by atoms with Crippen LogP contribution >= 0.6 is 0 Å². The topological polar surface area (TPSA) is 36.4 Å². The largest absolute Gasteiger partial charge is 0.356 e. The molecule has 110 valence electrons. The summed E-state index contributed by atoms with van der Waals surface area (Å²) >= 11 is 0. The summed E-state index contributed by atoms with van der Waals surface area (Å²) in [5.41, 5.74) is 1.13. The zero-order valence-electron chi connectivity index (χ0n) is 12.3. The molecule has 4 heteroatoms. The number of nitrogens with one attached hydrogen (secondary N) is 2. The van der Waals surface area contributed by atoms with Crippen LogP contribution in [0, 0.1) is 11.7 Å². The number of aliphatic imine (C=N–C) groups is 1. The zero-order valence-corrected chi connectivity index (χ0v) is 12.3. The second-order valence-corrected chi connectivity index (χ2v) is 5.41. The van der Waals surface area contributed by atoms with E-state index in [1.165, 1.54) is 31.4 Å². The van der Waals surface area contributed by atoms with Crippen LogP contribution in [-0.2, 0) is 6.42 Å². The van der Waals surface area contributed by atoms with Gasteiger partial charge < -0.3 is 10.6 Å². The first-order valence-electron chi connectivity index (χ1n) is 7.44. The van der Waals surface area contributed by atoms with E-state index >= 15 is 0 Å². The van der Waals surface area contributed by atoms with Crippen molar-refractivity contribution in [3.05, 3.63) is 35.6 Å². The summed E-state index contributed by atoms with van der Waals surface area (Å²) in [7, 11) is 1.80. The third kappa shape index (κ3) is 4.51. The van der Waals surface area contributed by atoms with E-state index in [4.69, 9.17) is 0 Å². The molecule has 2 rings (SSSR count). The van der Waals surface area contributed by atoms with Gasteiger partial charge in [0.1, 0.15) is 5.82 Å². The van der Waals surface area contributed by atoms with Crippen molar-refractivity contribution in [1.82, 2.24) is 10.6 Å². The first-order valence-corrected chi connectivity index (χ1v) is 7.44. The summed E-state index contributed by atoms with van der Waals surface area (Å²) in [6.07, 6.45) is 4.67. The Morgan fingerprint density at radius 2 is 2.10 bits per heavy atom. The van der Waals surface area contributed by atoms with Gasteiger partial charge in [-0.1, -0.05) is 25.5 Å². The molecule has 0 bridgehead atoms. The van der Waals surface area contributed by atoms with Gasteiger partial charge in [-0.15, -0.1) is 0 Å². The average Bonchev–Trinajstić information content (AvgIpc) is 3.18. The SMILES string of the molecule is CCCC1CC1NC(=NC)NCCc1ccc(F)cc1. The van der Waals surface area contributed by atoms with Gasteiger partial charge in [-0.25, -0.2) is 4.39 Å². The fourth-order valence-corrected chi connectivity index (χ4v) is 2.46. The van der Waals surface area contributed by atoms with Gasteiger partial charge in [-0.05, 0) is 42.9 Å². The standard InChI is InChI=1S/C16H24FN3/c1-3-4-13-11-15(13)20-16(18-2)19-10-9-12-5-7-14(17)8-6-12/h5-8,13,15H,3-4,9-11H2,1-2H3,(H2,18,19,20). The minimum absolute atomic E-state index is 0.185. The molecule has 0 radical (unpaired) electrons. The van der Waals surface area contributed by atoms with E-state index in [-0.39, 0.29) is 5.82 Å². The molecule has 0 amide bonds. The van der Waals surface area contributed by atoms with Gasteiger partial charge in [0.15, 0.2) is 5.96 Å². The molecule has 1 aliphatic rings. The molecular weight excluding hydrogens is 253 g/mol. The Labute approximate surface area is 120 Å². The van der Waals surface area contributed by atoms with Crippen molar-refractivity contribution in [3.63, 3.8) is 0 Å². The molecule has 3 nitrogen and oxygen atoms in total. The normalized spacial score (nSPS) is 21.6. The molecule has 0 aromatic heterocycles. The van der Waals surface area contributed by atoms with Crippen LogP contribution in [0.5, 0.6) is 0 Å². The maximum Gasteiger partial charge on any atom is 0.191 e. The predicted octanol–water partition coefficient (Wildman–Crippen LogP) is 2.72. The summed E-state index contributed by atoms with van der Waals surface area (Å²) in [4.78, 5) is 4.24. The Kier molecular flexibility index (Phi) is 5.39. The molecule has 0 heterocycles. The summed E-state index contributed by atoms with van der Waals surface area (Å²) in [6.45, 7) is 3.03. The highest BCUT2D eigenvalue weighted by Crippen LogP contribution is 2.34. The lowest BCUT2D eigenvalue weighted by molar-refractivity contribution is 0.626. The molecule has 2 atom stereocenters. The van der Waals surface area contributed by atoms with Gasteiger partial charge >= 0.3 is 0 Å². The smallest absolute Gasteiger partial charge is 0.191 e. The van der Waals surface area contributed by atoms with Gasteiger partial charge in [0.05, 0.1) is 0 Å². The lowest BCUT2D eigenvalue weighted by Gasteiger charge is -2.11. The van der Waals surface area contributed by atoms with Gasteiger partial charge in [-0.2, -0.15) is 0 Å². The number of benzene rings is 1. The highest BCUT2D eigenvalue weighted by Gasteiger charge is 2.36. The fourth-order valence-electron chi connectivity index (χ4n) is 2.46. The second kappa shape index (κ2) is 7.27. The van der Waals surface area contributed by atoms with Crippen molar-refractivity contribution in [2.24, 2.45) is 10.9 Å². The van der Waals surface area contributed by atoms with Crippen LogP contribution < -0.4 is 10.6 Å². The van der Waals surface area contributed by atoms with E-state index in [1.807, 2.05) is 12.1 Å². The fraction of sp³-hybridized carbons (Fsp3) is 0.562.